The van der Waals surface area contributed by atoms with Crippen LogP contribution in [0.5, 0.6) is 0 Å². The van der Waals surface area contributed by atoms with Gasteiger partial charge in [-0.1, -0.05) is 6.07 Å². The van der Waals surface area contributed by atoms with E-state index in [1.54, 1.807) is 0 Å². The first-order chi connectivity index (χ1) is 10.7. The Morgan fingerprint density at radius 1 is 1.23 bits per heavy atom. The highest BCUT2D eigenvalue weighted by atomic mass is 16.2. The lowest BCUT2D eigenvalue weighted by molar-refractivity contribution is -0.131. The van der Waals surface area contributed by atoms with Gasteiger partial charge in [-0.3, -0.25) is 4.79 Å². The molecule has 0 unspecified atom stereocenters. The minimum atomic E-state index is 0.248. The second-order valence-electron chi connectivity index (χ2n) is 5.86. The van der Waals surface area contributed by atoms with Crippen molar-refractivity contribution in [2.75, 3.05) is 64.8 Å². The van der Waals surface area contributed by atoms with E-state index in [0.717, 1.165) is 51.6 Å². The van der Waals surface area contributed by atoms with E-state index in [1.165, 1.54) is 0 Å². The predicted octanol–water partition coefficient (Wildman–Crippen LogP) is 0.272. The highest BCUT2D eigenvalue weighted by molar-refractivity contribution is 5.76. The van der Waals surface area contributed by atoms with Crippen molar-refractivity contribution in [3.63, 3.8) is 0 Å². The highest BCUT2D eigenvalue weighted by Crippen LogP contribution is 2.12. The maximum atomic E-state index is 12.2. The lowest BCUT2D eigenvalue weighted by Crippen LogP contribution is -2.49. The molecule has 0 aliphatic carbocycles. The third-order valence-electron chi connectivity index (χ3n) is 3.86. The number of nitrogens with zero attached hydrogens (tertiary/aromatic N) is 4. The number of rotatable bonds is 7. The van der Waals surface area contributed by atoms with Crippen molar-refractivity contribution >= 4 is 11.7 Å². The van der Waals surface area contributed by atoms with E-state index in [0.29, 0.717) is 6.42 Å². The van der Waals surface area contributed by atoms with E-state index in [9.17, 15) is 4.79 Å². The SMILES string of the molecule is CN(C)CCNCCC(=O)N1CCN(c2ccccn2)CC1. The van der Waals surface area contributed by atoms with Crippen LogP contribution in [0.3, 0.4) is 0 Å². The predicted molar refractivity (Wildman–Crippen MR) is 89.1 cm³/mol. The van der Waals surface area contributed by atoms with E-state index >= 15 is 0 Å². The average Bonchev–Trinajstić information content (AvgIpc) is 2.55. The number of anilines is 1. The lowest BCUT2D eigenvalue weighted by Gasteiger charge is -2.35. The molecule has 1 aliphatic rings. The Morgan fingerprint density at radius 3 is 2.64 bits per heavy atom. The Labute approximate surface area is 133 Å². The van der Waals surface area contributed by atoms with Crippen molar-refractivity contribution in [1.82, 2.24) is 20.1 Å². The number of carbonyl (C=O) groups is 1. The molecular formula is C16H27N5O. The number of pyridine rings is 1. The first kappa shape index (κ1) is 16.7. The highest BCUT2D eigenvalue weighted by Gasteiger charge is 2.21. The zero-order valence-corrected chi connectivity index (χ0v) is 13.7. The van der Waals surface area contributed by atoms with Crippen molar-refractivity contribution in [3.8, 4) is 0 Å². The van der Waals surface area contributed by atoms with Gasteiger partial charge in [0, 0.05) is 58.4 Å². The second-order valence-corrected chi connectivity index (χ2v) is 5.86. The zero-order chi connectivity index (χ0) is 15.8. The minimum absolute atomic E-state index is 0.248. The molecule has 1 aliphatic heterocycles. The number of likely N-dealkylation sites (N-methyl/N-ethyl adjacent to an activating group) is 1. The molecule has 0 bridgehead atoms. The first-order valence-electron chi connectivity index (χ1n) is 7.96. The third-order valence-corrected chi connectivity index (χ3v) is 3.86. The van der Waals surface area contributed by atoms with Crippen LogP contribution in [-0.4, -0.2) is 80.6 Å². The maximum Gasteiger partial charge on any atom is 0.223 e. The van der Waals surface area contributed by atoms with E-state index in [4.69, 9.17) is 0 Å². The van der Waals surface area contributed by atoms with Gasteiger partial charge in [0.25, 0.3) is 0 Å². The molecule has 6 heteroatoms. The molecule has 1 N–H and O–H groups in total. The van der Waals surface area contributed by atoms with Crippen LogP contribution in [0.25, 0.3) is 0 Å². The zero-order valence-electron chi connectivity index (χ0n) is 13.7. The second kappa shape index (κ2) is 8.70. The fourth-order valence-electron chi connectivity index (χ4n) is 2.51. The standard InChI is InChI=1S/C16H27N5O/c1-19(2)10-9-17-8-6-16(22)21-13-11-20(12-14-21)15-5-3-4-7-18-15/h3-5,7,17H,6,8-14H2,1-2H3. The van der Waals surface area contributed by atoms with Crippen LogP contribution in [0.15, 0.2) is 24.4 Å². The first-order valence-corrected chi connectivity index (χ1v) is 7.96. The van der Waals surface area contributed by atoms with Crippen LogP contribution >= 0.6 is 0 Å². The summed E-state index contributed by atoms with van der Waals surface area (Å²) in [5.74, 6) is 1.25. The fourth-order valence-corrected chi connectivity index (χ4v) is 2.51. The van der Waals surface area contributed by atoms with Crippen LogP contribution < -0.4 is 10.2 Å². The van der Waals surface area contributed by atoms with E-state index < -0.39 is 0 Å². The number of carbonyl (C=O) groups excluding carboxylic acids is 1. The van der Waals surface area contributed by atoms with Gasteiger partial charge in [-0.25, -0.2) is 4.98 Å². The number of aromatic nitrogens is 1. The van der Waals surface area contributed by atoms with Gasteiger partial charge in [0.1, 0.15) is 5.82 Å². The Kier molecular flexibility index (Phi) is 6.61. The molecule has 1 fully saturated rings. The van der Waals surface area contributed by atoms with Gasteiger partial charge in [0.05, 0.1) is 0 Å². The van der Waals surface area contributed by atoms with E-state index in [1.807, 2.05) is 43.4 Å². The Morgan fingerprint density at radius 2 is 2.00 bits per heavy atom. The molecule has 0 saturated carbocycles. The summed E-state index contributed by atoms with van der Waals surface area (Å²) in [6.45, 7) is 5.96. The van der Waals surface area contributed by atoms with E-state index in [-0.39, 0.29) is 5.91 Å². The van der Waals surface area contributed by atoms with Crippen molar-refractivity contribution in [2.24, 2.45) is 0 Å². The Balaban J connectivity index is 1.65. The molecule has 122 valence electrons. The summed E-state index contributed by atoms with van der Waals surface area (Å²) in [6, 6.07) is 5.94. The van der Waals surface area contributed by atoms with E-state index in [2.05, 4.69) is 20.1 Å². The molecule has 1 aromatic heterocycles. The van der Waals surface area contributed by atoms with Crippen LogP contribution in [0.4, 0.5) is 5.82 Å². The molecule has 1 amide bonds. The van der Waals surface area contributed by atoms with Crippen molar-refractivity contribution in [1.29, 1.82) is 0 Å². The normalized spacial score (nSPS) is 15.4. The van der Waals surface area contributed by atoms with Gasteiger partial charge < -0.3 is 20.0 Å². The Bertz CT molecular complexity index is 443. The summed E-state index contributed by atoms with van der Waals surface area (Å²) < 4.78 is 0. The number of amides is 1. The van der Waals surface area contributed by atoms with Gasteiger partial charge in [0.2, 0.25) is 5.91 Å². The van der Waals surface area contributed by atoms with Crippen LogP contribution in [0.1, 0.15) is 6.42 Å². The third kappa shape index (κ3) is 5.27. The summed E-state index contributed by atoms with van der Waals surface area (Å²) in [4.78, 5) is 22.9. The summed E-state index contributed by atoms with van der Waals surface area (Å²) in [5.41, 5.74) is 0. The Hall–Kier alpha value is -1.66. The van der Waals surface area contributed by atoms with Gasteiger partial charge in [-0.2, -0.15) is 0 Å². The van der Waals surface area contributed by atoms with Crippen molar-refractivity contribution in [2.45, 2.75) is 6.42 Å². The fraction of sp³-hybridized carbons (Fsp3) is 0.625. The quantitative estimate of drug-likeness (QED) is 0.733. The molecule has 22 heavy (non-hydrogen) atoms. The molecule has 1 aromatic rings. The van der Waals surface area contributed by atoms with Crippen molar-refractivity contribution in [3.05, 3.63) is 24.4 Å². The topological polar surface area (TPSA) is 51.7 Å². The molecule has 1 saturated heterocycles. The number of hydrogen-bond acceptors (Lipinski definition) is 5. The summed E-state index contributed by atoms with van der Waals surface area (Å²) >= 11 is 0. The molecular weight excluding hydrogens is 278 g/mol. The molecule has 2 rings (SSSR count). The molecule has 0 aromatic carbocycles. The lowest BCUT2D eigenvalue weighted by atomic mass is 10.2. The van der Waals surface area contributed by atoms with Gasteiger partial charge >= 0.3 is 0 Å². The van der Waals surface area contributed by atoms with Crippen LogP contribution in [0.2, 0.25) is 0 Å². The number of hydrogen-bond donors (Lipinski definition) is 1. The summed E-state index contributed by atoms with van der Waals surface area (Å²) in [5, 5.41) is 3.31. The largest absolute Gasteiger partial charge is 0.353 e. The molecule has 0 radical (unpaired) electrons. The van der Waals surface area contributed by atoms with Gasteiger partial charge in [-0.15, -0.1) is 0 Å². The molecule has 0 spiro atoms. The smallest absolute Gasteiger partial charge is 0.223 e. The monoisotopic (exact) mass is 305 g/mol. The number of nitrogens with one attached hydrogen (secondary N) is 1. The van der Waals surface area contributed by atoms with Crippen LogP contribution in [-0.2, 0) is 4.79 Å². The average molecular weight is 305 g/mol. The van der Waals surface area contributed by atoms with Crippen LogP contribution in [0, 0.1) is 0 Å². The van der Waals surface area contributed by atoms with Crippen molar-refractivity contribution < 1.29 is 4.79 Å². The molecule has 6 nitrogen and oxygen atoms in total. The molecule has 0 atom stereocenters. The van der Waals surface area contributed by atoms with Gasteiger partial charge in [-0.05, 0) is 26.2 Å². The molecule has 2 heterocycles. The summed E-state index contributed by atoms with van der Waals surface area (Å²) in [6.07, 6.45) is 2.39. The number of piperazine rings is 1. The minimum Gasteiger partial charge on any atom is -0.353 e. The summed E-state index contributed by atoms with van der Waals surface area (Å²) in [7, 11) is 4.10. The maximum absolute atomic E-state index is 12.2. The van der Waals surface area contributed by atoms with Gasteiger partial charge in [0.15, 0.2) is 0 Å².